The molecule has 2 amide bonds. The number of nitrogens with zero attached hydrogens (tertiary/aromatic N) is 1. The Morgan fingerprint density at radius 1 is 1.14 bits per heavy atom. The number of nitrogens with one attached hydrogen (secondary N) is 2. The van der Waals surface area contributed by atoms with Gasteiger partial charge in [0.15, 0.2) is 0 Å². The first-order valence-corrected chi connectivity index (χ1v) is 8.85. The molecule has 148 valence electrons. The minimum Gasteiger partial charge on any atom is -0.481 e. The molecule has 2 rings (SSSR count). The number of aliphatic carboxylic acids is 1. The molecule has 0 saturated heterocycles. The molecule has 0 fully saturated rings. The van der Waals surface area contributed by atoms with Crippen LogP contribution in [0.3, 0.4) is 0 Å². The molecule has 1 atom stereocenters. The van der Waals surface area contributed by atoms with Gasteiger partial charge in [-0.2, -0.15) is 0 Å². The third-order valence-corrected chi connectivity index (χ3v) is 4.30. The van der Waals surface area contributed by atoms with Gasteiger partial charge in [0.25, 0.3) is 17.4 Å². The lowest BCUT2D eigenvalue weighted by atomic mass is 10.1. The summed E-state index contributed by atoms with van der Waals surface area (Å²) < 4.78 is 1.31. The van der Waals surface area contributed by atoms with E-state index in [0.717, 1.165) is 5.56 Å². The first-order chi connectivity index (χ1) is 13.3. The first-order valence-electron chi connectivity index (χ1n) is 8.85. The van der Waals surface area contributed by atoms with E-state index in [9.17, 15) is 19.2 Å². The van der Waals surface area contributed by atoms with E-state index in [4.69, 9.17) is 5.11 Å². The van der Waals surface area contributed by atoms with Gasteiger partial charge in [-0.1, -0.05) is 37.3 Å². The Balaban J connectivity index is 2.29. The van der Waals surface area contributed by atoms with E-state index < -0.39 is 29.3 Å². The number of benzene rings is 1. The van der Waals surface area contributed by atoms with E-state index in [1.165, 1.54) is 23.9 Å². The minimum absolute atomic E-state index is 0.134. The van der Waals surface area contributed by atoms with Crippen molar-refractivity contribution in [2.75, 3.05) is 13.6 Å². The van der Waals surface area contributed by atoms with Crippen molar-refractivity contribution >= 4 is 17.8 Å². The molecule has 0 saturated carbocycles. The summed E-state index contributed by atoms with van der Waals surface area (Å²) >= 11 is 0. The number of amides is 2. The number of hydrogen-bond donors (Lipinski definition) is 3. The molecular formula is C20H23N3O5. The van der Waals surface area contributed by atoms with Gasteiger partial charge in [-0.05, 0) is 18.1 Å². The van der Waals surface area contributed by atoms with E-state index in [1.54, 1.807) is 6.92 Å². The van der Waals surface area contributed by atoms with Gasteiger partial charge in [0.2, 0.25) is 0 Å². The van der Waals surface area contributed by atoms with Crippen molar-refractivity contribution in [2.45, 2.75) is 19.9 Å². The Labute approximate surface area is 162 Å². The summed E-state index contributed by atoms with van der Waals surface area (Å²) in [5.74, 6) is -2.59. The maximum atomic E-state index is 12.6. The summed E-state index contributed by atoms with van der Waals surface area (Å²) in [6.07, 6.45) is 1.67. The Morgan fingerprint density at radius 3 is 2.43 bits per heavy atom. The molecule has 3 N–H and O–H groups in total. The molecule has 1 unspecified atom stereocenters. The molecular weight excluding hydrogens is 362 g/mol. The average Bonchev–Trinajstić information content (AvgIpc) is 2.69. The molecule has 28 heavy (non-hydrogen) atoms. The van der Waals surface area contributed by atoms with Crippen molar-refractivity contribution in [1.29, 1.82) is 0 Å². The van der Waals surface area contributed by atoms with Gasteiger partial charge in [0, 0.05) is 19.8 Å². The summed E-state index contributed by atoms with van der Waals surface area (Å²) in [6.45, 7) is 1.93. The number of hydrogen-bond acceptors (Lipinski definition) is 4. The Kier molecular flexibility index (Phi) is 7.08. The van der Waals surface area contributed by atoms with Crippen LogP contribution in [0.2, 0.25) is 0 Å². The quantitative estimate of drug-likeness (QED) is 0.629. The molecule has 0 aliphatic carbocycles. The lowest BCUT2D eigenvalue weighted by Gasteiger charge is -2.12. The van der Waals surface area contributed by atoms with Gasteiger partial charge in [-0.25, -0.2) is 0 Å². The monoisotopic (exact) mass is 385 g/mol. The van der Waals surface area contributed by atoms with E-state index in [0.29, 0.717) is 0 Å². The van der Waals surface area contributed by atoms with Crippen LogP contribution in [-0.2, 0) is 11.3 Å². The normalized spacial score (nSPS) is 11.5. The second-order valence-corrected chi connectivity index (χ2v) is 6.42. The van der Waals surface area contributed by atoms with Crippen LogP contribution in [0.25, 0.3) is 0 Å². The lowest BCUT2D eigenvalue weighted by molar-refractivity contribution is -0.141. The maximum absolute atomic E-state index is 12.6. The topological polar surface area (TPSA) is 118 Å². The van der Waals surface area contributed by atoms with Gasteiger partial charge in [-0.3, -0.25) is 19.2 Å². The fourth-order valence-electron chi connectivity index (χ4n) is 2.58. The number of aromatic nitrogens is 1. The molecule has 0 spiro atoms. The van der Waals surface area contributed by atoms with Crippen LogP contribution in [0.1, 0.15) is 39.6 Å². The van der Waals surface area contributed by atoms with Crippen LogP contribution in [0, 0.1) is 5.92 Å². The van der Waals surface area contributed by atoms with Crippen molar-refractivity contribution in [3.63, 3.8) is 0 Å². The molecule has 1 aromatic heterocycles. The van der Waals surface area contributed by atoms with Crippen molar-refractivity contribution < 1.29 is 19.5 Å². The highest BCUT2D eigenvalue weighted by Gasteiger charge is 2.17. The summed E-state index contributed by atoms with van der Waals surface area (Å²) in [6, 6.07) is 10.4. The highest BCUT2D eigenvalue weighted by molar-refractivity contribution is 5.99. The largest absolute Gasteiger partial charge is 0.481 e. The molecule has 0 bridgehead atoms. The predicted molar refractivity (Wildman–Crippen MR) is 103 cm³/mol. The van der Waals surface area contributed by atoms with Crippen LogP contribution in [-0.4, -0.2) is 41.0 Å². The van der Waals surface area contributed by atoms with Crippen LogP contribution in [0.4, 0.5) is 0 Å². The number of pyridine rings is 1. The minimum atomic E-state index is -0.937. The molecule has 1 aromatic carbocycles. The van der Waals surface area contributed by atoms with E-state index >= 15 is 0 Å². The fraction of sp³-hybridized carbons (Fsp3) is 0.300. The van der Waals surface area contributed by atoms with Gasteiger partial charge < -0.3 is 20.3 Å². The summed E-state index contributed by atoms with van der Waals surface area (Å²) in [7, 11) is 1.41. The lowest BCUT2D eigenvalue weighted by Crippen LogP contribution is -2.34. The highest BCUT2D eigenvalue weighted by Crippen LogP contribution is 2.06. The van der Waals surface area contributed by atoms with Crippen molar-refractivity contribution in [3.05, 3.63) is 69.6 Å². The number of carboxylic acids is 1. The second kappa shape index (κ2) is 9.50. The Bertz CT molecular complexity index is 921. The third-order valence-electron chi connectivity index (χ3n) is 4.30. The van der Waals surface area contributed by atoms with Crippen molar-refractivity contribution in [2.24, 2.45) is 5.92 Å². The molecule has 0 radical (unpaired) electrons. The van der Waals surface area contributed by atoms with Crippen LogP contribution < -0.4 is 16.2 Å². The Hall–Kier alpha value is -3.42. The highest BCUT2D eigenvalue weighted by atomic mass is 16.4. The molecule has 0 aliphatic heterocycles. The van der Waals surface area contributed by atoms with Gasteiger partial charge >= 0.3 is 5.97 Å². The first kappa shape index (κ1) is 20.9. The van der Waals surface area contributed by atoms with E-state index in [-0.39, 0.29) is 30.6 Å². The second-order valence-electron chi connectivity index (χ2n) is 6.42. The van der Waals surface area contributed by atoms with Gasteiger partial charge in [-0.15, -0.1) is 0 Å². The standard InChI is InChI=1S/C20H23N3O5/c1-13(20(27)28)8-9-22-17(24)15-10-16(18(25)21-2)19(26)23(12-15)11-14-6-4-3-5-7-14/h3-7,10,12-13H,8-9,11H2,1-2H3,(H,21,25)(H,22,24)(H,27,28). The van der Waals surface area contributed by atoms with Gasteiger partial charge in [0.05, 0.1) is 18.0 Å². The summed E-state index contributed by atoms with van der Waals surface area (Å²) in [5.41, 5.74) is 0.363. The predicted octanol–water partition coefficient (Wildman–Crippen LogP) is 1.10. The van der Waals surface area contributed by atoms with Crippen LogP contribution in [0.15, 0.2) is 47.4 Å². The van der Waals surface area contributed by atoms with Gasteiger partial charge in [0.1, 0.15) is 5.56 Å². The molecule has 0 aliphatic rings. The zero-order valence-electron chi connectivity index (χ0n) is 15.8. The molecule has 2 aromatic rings. The molecule has 8 nitrogen and oxygen atoms in total. The fourth-order valence-corrected chi connectivity index (χ4v) is 2.58. The smallest absolute Gasteiger partial charge is 0.306 e. The van der Waals surface area contributed by atoms with Crippen LogP contribution in [0.5, 0.6) is 0 Å². The number of carboxylic acid groups (broad SMARTS) is 1. The van der Waals surface area contributed by atoms with Crippen LogP contribution >= 0.6 is 0 Å². The summed E-state index contributed by atoms with van der Waals surface area (Å²) in [4.78, 5) is 48.0. The molecule has 1 heterocycles. The van der Waals surface area contributed by atoms with E-state index in [1.807, 2.05) is 30.3 Å². The maximum Gasteiger partial charge on any atom is 0.306 e. The average molecular weight is 385 g/mol. The van der Waals surface area contributed by atoms with Crippen molar-refractivity contribution in [1.82, 2.24) is 15.2 Å². The number of rotatable bonds is 8. The zero-order valence-corrected chi connectivity index (χ0v) is 15.8. The molecule has 8 heteroatoms. The SMILES string of the molecule is CNC(=O)c1cc(C(=O)NCCC(C)C(=O)O)cn(Cc2ccccc2)c1=O. The zero-order chi connectivity index (χ0) is 20.7. The van der Waals surface area contributed by atoms with E-state index in [2.05, 4.69) is 10.6 Å². The number of carbonyl (C=O) groups is 3. The number of carbonyl (C=O) groups excluding carboxylic acids is 2. The third kappa shape index (κ3) is 5.29. The Morgan fingerprint density at radius 2 is 1.82 bits per heavy atom. The summed E-state index contributed by atoms with van der Waals surface area (Å²) in [5, 5.41) is 13.9. The van der Waals surface area contributed by atoms with Crippen molar-refractivity contribution in [3.8, 4) is 0 Å².